The summed E-state index contributed by atoms with van der Waals surface area (Å²) in [6, 6.07) is 6.25. The molecule has 10 heteroatoms. The normalized spacial score (nSPS) is 23.4. The fourth-order valence-corrected chi connectivity index (χ4v) is 2.48. The Bertz CT molecular complexity index is 679. The Morgan fingerprint density at radius 3 is 2.44 bits per heavy atom. The van der Waals surface area contributed by atoms with Crippen LogP contribution in [0.3, 0.4) is 0 Å². The zero-order valence-electron chi connectivity index (χ0n) is 14.6. The topological polar surface area (TPSA) is 164 Å². The molecule has 10 nitrogen and oxygen atoms in total. The number of aliphatic hydroxyl groups excluding tert-OH is 3. The van der Waals surface area contributed by atoms with Crippen LogP contribution in [0.2, 0.25) is 0 Å². The molecule has 0 aromatic heterocycles. The minimum absolute atomic E-state index is 0.0440. The summed E-state index contributed by atoms with van der Waals surface area (Å²) in [6.45, 7) is -0.0665. The summed E-state index contributed by atoms with van der Waals surface area (Å²) in [7, 11) is 0. The molecular weight excluding hydrogens is 356 g/mol. The molecule has 1 aromatic rings. The molecule has 0 saturated carbocycles. The molecule has 1 amide bonds. The molecule has 3 unspecified atom stereocenters. The molecule has 7 N–H and O–H groups in total. The number of aliphatic carboxylic acids is 1. The van der Waals surface area contributed by atoms with E-state index >= 15 is 0 Å². The van der Waals surface area contributed by atoms with Gasteiger partial charge < -0.3 is 36.4 Å². The molecule has 1 heterocycles. The molecule has 3 atom stereocenters. The monoisotopic (exact) mass is 380 g/mol. The number of hydrogen-bond donors (Lipinski definition) is 7. The third-order valence-electron chi connectivity index (χ3n) is 3.99. The van der Waals surface area contributed by atoms with Gasteiger partial charge in [-0.1, -0.05) is 12.1 Å². The molecule has 27 heavy (non-hydrogen) atoms. The second kappa shape index (κ2) is 9.86. The maximum Gasteiger partial charge on any atom is 0.303 e. The number of aliphatic hydroxyl groups is 3. The van der Waals surface area contributed by atoms with Crippen LogP contribution in [-0.2, 0) is 16.1 Å². The van der Waals surface area contributed by atoms with Gasteiger partial charge in [-0.25, -0.2) is 4.99 Å². The number of carboxylic acid groups (broad SMARTS) is 1. The van der Waals surface area contributed by atoms with Crippen LogP contribution in [0.25, 0.3) is 0 Å². The summed E-state index contributed by atoms with van der Waals surface area (Å²) >= 11 is 0. The SMILES string of the molecule is O=C(O)CCCC(=O)Nc1ccc(CN=C2NC(O)C(O)C(CO)N2)cc1. The summed E-state index contributed by atoms with van der Waals surface area (Å²) in [6.07, 6.45) is -1.99. The van der Waals surface area contributed by atoms with Gasteiger partial charge in [-0.05, 0) is 24.1 Å². The van der Waals surface area contributed by atoms with Crippen molar-refractivity contribution in [1.82, 2.24) is 10.6 Å². The Morgan fingerprint density at radius 2 is 1.81 bits per heavy atom. The van der Waals surface area contributed by atoms with Gasteiger partial charge in [-0.15, -0.1) is 0 Å². The van der Waals surface area contributed by atoms with E-state index in [4.69, 9.17) is 5.11 Å². The first-order chi connectivity index (χ1) is 12.9. The van der Waals surface area contributed by atoms with Gasteiger partial charge in [-0.3, -0.25) is 9.59 Å². The standard InChI is InChI=1S/C17H24N4O6/c22-9-12-15(26)16(27)21-17(20-12)18-8-10-4-6-11(7-5-10)19-13(23)2-1-3-14(24)25/h4-7,12,15-16,22,26-27H,1-3,8-9H2,(H,19,23)(H,24,25)(H2,18,20,21). The minimum Gasteiger partial charge on any atom is -0.481 e. The highest BCUT2D eigenvalue weighted by atomic mass is 16.4. The minimum atomic E-state index is -1.22. The zero-order chi connectivity index (χ0) is 19.8. The predicted octanol–water partition coefficient (Wildman–Crippen LogP) is -1.03. The fourth-order valence-electron chi connectivity index (χ4n) is 2.48. The number of amides is 1. The van der Waals surface area contributed by atoms with Gasteiger partial charge in [0.1, 0.15) is 6.10 Å². The molecule has 1 saturated heterocycles. The number of benzene rings is 1. The van der Waals surface area contributed by atoms with Crippen molar-refractivity contribution >= 4 is 23.5 Å². The lowest BCUT2D eigenvalue weighted by Gasteiger charge is -2.34. The smallest absolute Gasteiger partial charge is 0.303 e. The molecule has 1 fully saturated rings. The summed E-state index contributed by atoms with van der Waals surface area (Å²) < 4.78 is 0. The number of hydrogen-bond acceptors (Lipinski definition) is 6. The van der Waals surface area contributed by atoms with Crippen LogP contribution in [0, 0.1) is 0 Å². The Labute approximate surface area is 155 Å². The van der Waals surface area contributed by atoms with Crippen molar-refractivity contribution in [3.63, 3.8) is 0 Å². The molecular formula is C17H24N4O6. The highest BCUT2D eigenvalue weighted by Crippen LogP contribution is 2.12. The van der Waals surface area contributed by atoms with Crippen molar-refractivity contribution in [1.29, 1.82) is 0 Å². The van der Waals surface area contributed by atoms with Gasteiger partial charge in [0, 0.05) is 18.5 Å². The number of anilines is 1. The van der Waals surface area contributed by atoms with Crippen molar-refractivity contribution in [3.8, 4) is 0 Å². The Hall–Kier alpha value is -2.69. The summed E-state index contributed by atoms with van der Waals surface area (Å²) in [5, 5.41) is 45.2. The van der Waals surface area contributed by atoms with E-state index in [0.29, 0.717) is 5.69 Å². The van der Waals surface area contributed by atoms with Crippen LogP contribution in [0.4, 0.5) is 5.69 Å². The predicted molar refractivity (Wildman–Crippen MR) is 96.9 cm³/mol. The molecule has 0 spiro atoms. The number of aliphatic imine (C=N–C) groups is 1. The van der Waals surface area contributed by atoms with E-state index in [1.807, 2.05) is 0 Å². The fraction of sp³-hybridized carbons (Fsp3) is 0.471. The van der Waals surface area contributed by atoms with Crippen LogP contribution in [0.15, 0.2) is 29.3 Å². The van der Waals surface area contributed by atoms with E-state index < -0.39 is 24.3 Å². The summed E-state index contributed by atoms with van der Waals surface area (Å²) in [4.78, 5) is 26.4. The van der Waals surface area contributed by atoms with Crippen LogP contribution in [-0.4, -0.2) is 63.2 Å². The van der Waals surface area contributed by atoms with Crippen molar-refractivity contribution < 1.29 is 30.0 Å². The maximum atomic E-state index is 11.7. The lowest BCUT2D eigenvalue weighted by Crippen LogP contribution is -2.65. The maximum absolute atomic E-state index is 11.7. The van der Waals surface area contributed by atoms with E-state index in [0.717, 1.165) is 5.56 Å². The number of nitrogens with zero attached hydrogens (tertiary/aromatic N) is 1. The largest absolute Gasteiger partial charge is 0.481 e. The zero-order valence-corrected chi connectivity index (χ0v) is 14.6. The molecule has 1 aliphatic rings. The molecule has 0 aliphatic carbocycles. The number of carbonyl (C=O) groups excluding carboxylic acids is 1. The Kier molecular flexibility index (Phi) is 7.53. The molecule has 1 aromatic carbocycles. The van der Waals surface area contributed by atoms with E-state index in [-0.39, 0.29) is 44.3 Å². The van der Waals surface area contributed by atoms with Crippen molar-refractivity contribution in [2.45, 2.75) is 44.2 Å². The lowest BCUT2D eigenvalue weighted by atomic mass is 10.1. The second-order valence-electron chi connectivity index (χ2n) is 6.17. The third-order valence-corrected chi connectivity index (χ3v) is 3.99. The van der Waals surface area contributed by atoms with Crippen molar-refractivity contribution in [2.75, 3.05) is 11.9 Å². The summed E-state index contributed by atoms with van der Waals surface area (Å²) in [5.74, 6) is -0.909. The highest BCUT2D eigenvalue weighted by Gasteiger charge is 2.32. The molecule has 0 bridgehead atoms. The van der Waals surface area contributed by atoms with Gasteiger partial charge in [0.25, 0.3) is 0 Å². The second-order valence-corrected chi connectivity index (χ2v) is 6.17. The quantitative estimate of drug-likeness (QED) is 0.301. The first-order valence-corrected chi connectivity index (χ1v) is 8.54. The summed E-state index contributed by atoms with van der Waals surface area (Å²) in [5.41, 5.74) is 1.44. The van der Waals surface area contributed by atoms with E-state index in [9.17, 15) is 24.9 Å². The molecule has 1 aliphatic heterocycles. The Morgan fingerprint density at radius 1 is 1.11 bits per heavy atom. The lowest BCUT2D eigenvalue weighted by molar-refractivity contribution is -0.137. The molecule has 2 rings (SSSR count). The van der Waals surface area contributed by atoms with Gasteiger partial charge in [0.05, 0.1) is 19.2 Å². The third kappa shape index (κ3) is 6.51. The molecule has 0 radical (unpaired) electrons. The van der Waals surface area contributed by atoms with Gasteiger partial charge in [0.2, 0.25) is 5.91 Å². The average Bonchev–Trinajstić information content (AvgIpc) is 2.63. The Balaban J connectivity index is 1.85. The van der Waals surface area contributed by atoms with E-state index in [2.05, 4.69) is 20.9 Å². The average molecular weight is 380 g/mol. The van der Waals surface area contributed by atoms with Crippen LogP contribution in [0.5, 0.6) is 0 Å². The number of rotatable bonds is 8. The van der Waals surface area contributed by atoms with E-state index in [1.165, 1.54) is 0 Å². The van der Waals surface area contributed by atoms with Crippen LogP contribution >= 0.6 is 0 Å². The highest BCUT2D eigenvalue weighted by molar-refractivity contribution is 5.90. The van der Waals surface area contributed by atoms with Gasteiger partial charge in [-0.2, -0.15) is 0 Å². The number of nitrogens with one attached hydrogen (secondary N) is 3. The number of carboxylic acids is 1. The number of guanidine groups is 1. The first kappa shape index (κ1) is 20.6. The van der Waals surface area contributed by atoms with Crippen molar-refractivity contribution in [3.05, 3.63) is 29.8 Å². The van der Waals surface area contributed by atoms with Gasteiger partial charge >= 0.3 is 5.97 Å². The van der Waals surface area contributed by atoms with Crippen molar-refractivity contribution in [2.24, 2.45) is 4.99 Å². The molecule has 148 valence electrons. The van der Waals surface area contributed by atoms with Gasteiger partial charge in [0.15, 0.2) is 12.2 Å². The van der Waals surface area contributed by atoms with Crippen LogP contribution in [0.1, 0.15) is 24.8 Å². The first-order valence-electron chi connectivity index (χ1n) is 8.54. The van der Waals surface area contributed by atoms with E-state index in [1.54, 1.807) is 24.3 Å². The van der Waals surface area contributed by atoms with Crippen LogP contribution < -0.4 is 16.0 Å². The number of carbonyl (C=O) groups is 2.